The Kier molecular flexibility index (Phi) is 3.27. The van der Waals surface area contributed by atoms with Gasteiger partial charge >= 0.3 is 0 Å². The van der Waals surface area contributed by atoms with Crippen LogP contribution in [0.1, 0.15) is 0 Å². The molecule has 1 aromatic carbocycles. The normalized spacial score (nSPS) is 16.3. The number of benzene rings is 1. The van der Waals surface area contributed by atoms with Crippen molar-refractivity contribution in [1.29, 1.82) is 0 Å². The van der Waals surface area contributed by atoms with Crippen LogP contribution in [0.4, 0.5) is 5.69 Å². The van der Waals surface area contributed by atoms with Gasteiger partial charge in [0.15, 0.2) is 0 Å². The molecule has 2 aromatic heterocycles. The van der Waals surface area contributed by atoms with Gasteiger partial charge in [-0.15, -0.1) is 0 Å². The van der Waals surface area contributed by atoms with Crippen LogP contribution in [-0.4, -0.2) is 53.3 Å². The zero-order chi connectivity index (χ0) is 14.9. The van der Waals surface area contributed by atoms with Crippen molar-refractivity contribution >= 4 is 16.6 Å². The van der Waals surface area contributed by atoms with Crippen molar-refractivity contribution in [3.8, 4) is 11.4 Å². The Morgan fingerprint density at radius 2 is 1.82 bits per heavy atom. The molecule has 0 bridgehead atoms. The van der Waals surface area contributed by atoms with E-state index in [1.807, 2.05) is 24.4 Å². The van der Waals surface area contributed by atoms with Crippen molar-refractivity contribution < 1.29 is 0 Å². The molecule has 5 nitrogen and oxygen atoms in total. The van der Waals surface area contributed by atoms with Crippen LogP contribution in [0.3, 0.4) is 0 Å². The number of H-pyrrole nitrogens is 1. The summed E-state index contributed by atoms with van der Waals surface area (Å²) in [4.78, 5) is 9.37. The molecule has 0 spiro atoms. The first-order valence-electron chi connectivity index (χ1n) is 7.64. The lowest BCUT2D eigenvalue weighted by Gasteiger charge is -2.33. The van der Waals surface area contributed by atoms with Gasteiger partial charge in [-0.1, -0.05) is 18.2 Å². The minimum atomic E-state index is 0.912. The summed E-state index contributed by atoms with van der Waals surface area (Å²) in [6, 6.07) is 12.4. The van der Waals surface area contributed by atoms with Crippen LogP contribution in [-0.2, 0) is 0 Å². The number of hydrogen-bond donors (Lipinski definition) is 1. The van der Waals surface area contributed by atoms with E-state index in [2.05, 4.69) is 50.2 Å². The van der Waals surface area contributed by atoms with E-state index in [-0.39, 0.29) is 0 Å². The summed E-state index contributed by atoms with van der Waals surface area (Å²) in [5.41, 5.74) is 4.06. The van der Waals surface area contributed by atoms with E-state index >= 15 is 0 Å². The summed E-state index contributed by atoms with van der Waals surface area (Å²) in [7, 11) is 2.17. The molecule has 0 atom stereocenters. The highest BCUT2D eigenvalue weighted by Gasteiger charge is 2.15. The molecule has 0 aliphatic carbocycles. The van der Waals surface area contributed by atoms with E-state index in [4.69, 9.17) is 0 Å². The average Bonchev–Trinajstić information content (AvgIpc) is 3.00. The Morgan fingerprint density at radius 3 is 2.59 bits per heavy atom. The Bertz CT molecular complexity index is 769. The molecule has 0 amide bonds. The van der Waals surface area contributed by atoms with E-state index in [0.717, 1.165) is 48.5 Å². The SMILES string of the molecule is CN1CCN(c2ccc(-c3n[nH]c4ccccc34)nc2)CC1. The number of anilines is 1. The lowest BCUT2D eigenvalue weighted by Crippen LogP contribution is -2.44. The van der Waals surface area contributed by atoms with E-state index in [1.54, 1.807) is 0 Å². The standard InChI is InChI=1S/C17H19N5/c1-21-8-10-22(11-9-21)13-6-7-16(18-12-13)17-14-4-2-3-5-15(14)19-20-17/h2-7,12H,8-11H2,1H3,(H,19,20). The van der Waals surface area contributed by atoms with Gasteiger partial charge in [0, 0.05) is 31.6 Å². The molecule has 22 heavy (non-hydrogen) atoms. The molecule has 0 radical (unpaired) electrons. The number of nitrogens with zero attached hydrogens (tertiary/aromatic N) is 4. The van der Waals surface area contributed by atoms with Gasteiger partial charge in [-0.25, -0.2) is 0 Å². The molecule has 3 heterocycles. The molecule has 1 fully saturated rings. The second-order valence-electron chi connectivity index (χ2n) is 5.81. The monoisotopic (exact) mass is 293 g/mol. The molecule has 4 rings (SSSR count). The van der Waals surface area contributed by atoms with E-state index in [9.17, 15) is 0 Å². The number of rotatable bonds is 2. The Balaban J connectivity index is 1.62. The van der Waals surface area contributed by atoms with Gasteiger partial charge in [0.05, 0.1) is 23.1 Å². The number of para-hydroxylation sites is 1. The third-order valence-corrected chi connectivity index (χ3v) is 4.33. The van der Waals surface area contributed by atoms with Crippen LogP contribution in [0.2, 0.25) is 0 Å². The van der Waals surface area contributed by atoms with Gasteiger partial charge in [0.1, 0.15) is 5.69 Å². The van der Waals surface area contributed by atoms with Crippen LogP contribution in [0.5, 0.6) is 0 Å². The van der Waals surface area contributed by atoms with Crippen molar-refractivity contribution in [2.75, 3.05) is 38.1 Å². The second kappa shape index (κ2) is 5.42. The maximum Gasteiger partial charge on any atom is 0.118 e. The highest BCUT2D eigenvalue weighted by molar-refractivity contribution is 5.91. The fraction of sp³-hybridized carbons (Fsp3) is 0.294. The maximum atomic E-state index is 4.63. The summed E-state index contributed by atoms with van der Waals surface area (Å²) >= 11 is 0. The van der Waals surface area contributed by atoms with Crippen molar-refractivity contribution in [2.45, 2.75) is 0 Å². The topological polar surface area (TPSA) is 48.0 Å². The van der Waals surface area contributed by atoms with Gasteiger partial charge in [-0.3, -0.25) is 10.1 Å². The fourth-order valence-corrected chi connectivity index (χ4v) is 2.94. The molecule has 1 aliphatic rings. The fourth-order valence-electron chi connectivity index (χ4n) is 2.94. The van der Waals surface area contributed by atoms with E-state index < -0.39 is 0 Å². The summed E-state index contributed by atoms with van der Waals surface area (Å²) in [5.74, 6) is 0. The van der Waals surface area contributed by atoms with Crippen molar-refractivity contribution in [3.63, 3.8) is 0 Å². The van der Waals surface area contributed by atoms with Gasteiger partial charge in [0.2, 0.25) is 0 Å². The molecular weight excluding hydrogens is 274 g/mol. The molecule has 3 aromatic rings. The highest BCUT2D eigenvalue weighted by atomic mass is 15.2. The predicted molar refractivity (Wildman–Crippen MR) is 89.0 cm³/mol. The zero-order valence-electron chi connectivity index (χ0n) is 12.7. The number of aromatic amines is 1. The summed E-state index contributed by atoms with van der Waals surface area (Å²) in [6.45, 7) is 4.32. The van der Waals surface area contributed by atoms with E-state index in [1.165, 1.54) is 5.69 Å². The minimum Gasteiger partial charge on any atom is -0.368 e. The van der Waals surface area contributed by atoms with Crippen molar-refractivity contribution in [1.82, 2.24) is 20.1 Å². The van der Waals surface area contributed by atoms with E-state index in [0.29, 0.717) is 0 Å². The van der Waals surface area contributed by atoms with Crippen molar-refractivity contribution in [3.05, 3.63) is 42.6 Å². The van der Waals surface area contributed by atoms with Crippen LogP contribution >= 0.6 is 0 Å². The number of likely N-dealkylation sites (N-methyl/N-ethyl adjacent to an activating group) is 1. The molecule has 1 saturated heterocycles. The number of piperazine rings is 1. The van der Waals surface area contributed by atoms with Gasteiger partial charge in [-0.2, -0.15) is 5.10 Å². The number of nitrogens with one attached hydrogen (secondary N) is 1. The molecule has 1 N–H and O–H groups in total. The Labute approximate surface area is 129 Å². The van der Waals surface area contributed by atoms with Gasteiger partial charge in [0.25, 0.3) is 0 Å². The molecule has 0 unspecified atom stereocenters. The molecular formula is C17H19N5. The first-order valence-corrected chi connectivity index (χ1v) is 7.64. The lowest BCUT2D eigenvalue weighted by molar-refractivity contribution is 0.313. The quantitative estimate of drug-likeness (QED) is 0.788. The third kappa shape index (κ3) is 2.33. The smallest absolute Gasteiger partial charge is 0.118 e. The third-order valence-electron chi connectivity index (χ3n) is 4.33. The molecule has 5 heteroatoms. The summed E-state index contributed by atoms with van der Waals surface area (Å²) in [6.07, 6.45) is 1.96. The Hall–Kier alpha value is -2.40. The molecule has 1 aliphatic heterocycles. The average molecular weight is 293 g/mol. The highest BCUT2D eigenvalue weighted by Crippen LogP contribution is 2.26. The second-order valence-corrected chi connectivity index (χ2v) is 5.81. The largest absolute Gasteiger partial charge is 0.368 e. The van der Waals surface area contributed by atoms with Crippen LogP contribution in [0, 0.1) is 0 Å². The first-order chi connectivity index (χ1) is 10.8. The Morgan fingerprint density at radius 1 is 1.00 bits per heavy atom. The predicted octanol–water partition coefficient (Wildman–Crippen LogP) is 2.38. The summed E-state index contributed by atoms with van der Waals surface area (Å²) < 4.78 is 0. The summed E-state index contributed by atoms with van der Waals surface area (Å²) in [5, 5.41) is 8.59. The number of aromatic nitrogens is 3. The van der Waals surface area contributed by atoms with Crippen LogP contribution in [0.15, 0.2) is 42.6 Å². The minimum absolute atomic E-state index is 0.912. The van der Waals surface area contributed by atoms with Gasteiger partial charge in [-0.05, 0) is 25.2 Å². The number of hydrogen-bond acceptors (Lipinski definition) is 4. The van der Waals surface area contributed by atoms with Crippen molar-refractivity contribution in [2.24, 2.45) is 0 Å². The number of fused-ring (bicyclic) bond motifs is 1. The molecule has 112 valence electrons. The number of pyridine rings is 1. The van der Waals surface area contributed by atoms with Crippen LogP contribution < -0.4 is 4.90 Å². The van der Waals surface area contributed by atoms with Gasteiger partial charge < -0.3 is 9.80 Å². The van der Waals surface area contributed by atoms with Crippen LogP contribution in [0.25, 0.3) is 22.3 Å². The maximum absolute atomic E-state index is 4.63. The lowest BCUT2D eigenvalue weighted by atomic mass is 10.1. The molecule has 0 saturated carbocycles. The zero-order valence-corrected chi connectivity index (χ0v) is 12.7. The first kappa shape index (κ1) is 13.3.